The Morgan fingerprint density at radius 1 is 0.655 bits per heavy atom. The number of nitrogens with two attached hydrogens (primary N) is 1. The van der Waals surface area contributed by atoms with Gasteiger partial charge < -0.3 is 45.9 Å². The first kappa shape index (κ1) is 68.6. The monoisotopic (exact) mass is 1160 g/mol. The van der Waals surface area contributed by atoms with E-state index in [-0.39, 0.29) is 67.0 Å². The summed E-state index contributed by atoms with van der Waals surface area (Å²) in [5.41, 5.74) is 8.58. The molecule has 2 aliphatic rings. The molecule has 17 nitrogen and oxygen atoms in total. The van der Waals surface area contributed by atoms with Crippen LogP contribution >= 0.6 is 0 Å². The van der Waals surface area contributed by atoms with Crippen LogP contribution in [0, 0.1) is 29.6 Å². The van der Waals surface area contributed by atoms with Gasteiger partial charge in [0.2, 0.25) is 29.5 Å². The number of nitrogens with one attached hydrogen (secondary N) is 3. The van der Waals surface area contributed by atoms with E-state index >= 15 is 14.4 Å². The molecule has 1 aliphatic heterocycles. The highest BCUT2D eigenvalue weighted by Gasteiger charge is 2.44. The first-order valence-corrected chi connectivity index (χ1v) is 31.1. The lowest BCUT2D eigenvalue weighted by molar-refractivity contribution is -0.174. The fourth-order valence-electron chi connectivity index (χ4n) is 12.3. The van der Waals surface area contributed by atoms with E-state index in [4.69, 9.17) is 15.2 Å². The summed E-state index contributed by atoms with van der Waals surface area (Å²) in [5, 5.41) is 10.0. The second-order valence-corrected chi connectivity index (χ2v) is 25.2. The lowest BCUT2D eigenvalue weighted by Gasteiger charge is -2.39. The van der Waals surface area contributed by atoms with E-state index in [1.54, 1.807) is 23.9 Å². The van der Waals surface area contributed by atoms with E-state index in [1.807, 2.05) is 151 Å². The molecular weight excluding hydrogens is 1060 g/mol. The lowest BCUT2D eigenvalue weighted by atomic mass is 9.84. The molecule has 84 heavy (non-hydrogen) atoms. The summed E-state index contributed by atoms with van der Waals surface area (Å²) in [6, 6.07) is 23.9. The third-order valence-electron chi connectivity index (χ3n) is 17.0. The van der Waals surface area contributed by atoms with Gasteiger partial charge in [-0.15, -0.1) is 0 Å². The van der Waals surface area contributed by atoms with E-state index in [0.717, 1.165) is 42.4 Å². The molecule has 464 valence electrons. The molecule has 0 radical (unpaired) electrons. The third-order valence-corrected chi connectivity index (χ3v) is 17.0. The highest BCUT2D eigenvalue weighted by molar-refractivity contribution is 5.92. The van der Waals surface area contributed by atoms with Crippen molar-refractivity contribution in [3.8, 4) is 0 Å². The molecule has 17 heteroatoms. The Bertz CT molecular complexity index is 2530. The predicted octanol–water partition coefficient (Wildman–Crippen LogP) is 7.72. The molecule has 1 saturated heterocycles. The van der Waals surface area contributed by atoms with Crippen LogP contribution in [0.25, 0.3) is 0 Å². The van der Waals surface area contributed by atoms with Crippen LogP contribution in [0.4, 0.5) is 0 Å². The molecule has 1 unspecified atom stereocenters. The summed E-state index contributed by atoms with van der Waals surface area (Å²) in [6.45, 7) is 18.7. The first-order chi connectivity index (χ1) is 40.0. The number of primary amides is 1. The molecule has 5 N–H and O–H groups in total. The van der Waals surface area contributed by atoms with Crippen molar-refractivity contribution in [2.45, 2.75) is 200 Å². The Balaban J connectivity index is 1.43. The van der Waals surface area contributed by atoms with Gasteiger partial charge in [-0.05, 0) is 99.3 Å². The molecule has 10 atom stereocenters. The van der Waals surface area contributed by atoms with Crippen LogP contribution in [-0.2, 0) is 62.5 Å². The zero-order valence-electron chi connectivity index (χ0n) is 52.6. The van der Waals surface area contributed by atoms with Crippen molar-refractivity contribution in [3.05, 3.63) is 108 Å². The molecule has 3 aromatic rings. The number of hydrogen-bond donors (Lipinski definition) is 4. The number of likely N-dealkylation sites (tertiary alicyclic amines) is 1. The smallest absolute Gasteiger partial charge is 0.326 e. The van der Waals surface area contributed by atoms with Crippen molar-refractivity contribution >= 4 is 41.4 Å². The first-order valence-electron chi connectivity index (χ1n) is 31.1. The zero-order valence-corrected chi connectivity index (χ0v) is 52.6. The minimum absolute atomic E-state index is 0.0891. The van der Waals surface area contributed by atoms with E-state index in [9.17, 15) is 19.2 Å². The SMILES string of the molecule is CC[C@@H](C)CC(=O)N(C)[C@H](C(=O)N[C@@H](CC(C)C)CN(C)[C@H](C(=O)O[C@@H](C(=O)N(C)[C@H](C(=O)N[C@H](CNC(Cc1ccccc1)C(=O)N1CCC[C@H]1C(N)=O)Cc1ccccc1)C(C)C)C1CCCCC1)[C@@H](C)OCc1ccccc1)C(C)C. The van der Waals surface area contributed by atoms with Crippen molar-refractivity contribution < 1.29 is 43.0 Å². The Hall–Kier alpha value is -6.17. The van der Waals surface area contributed by atoms with Crippen LogP contribution in [0.3, 0.4) is 0 Å². The van der Waals surface area contributed by atoms with Crippen LogP contribution in [-0.4, -0.2) is 156 Å². The summed E-state index contributed by atoms with van der Waals surface area (Å²) >= 11 is 0. The number of benzene rings is 3. The Labute approximate surface area is 502 Å². The number of likely N-dealkylation sites (N-methyl/N-ethyl adjacent to an activating group) is 3. The molecule has 0 bridgehead atoms. The van der Waals surface area contributed by atoms with E-state index in [1.165, 1.54) is 4.90 Å². The molecule has 5 rings (SSSR count). The van der Waals surface area contributed by atoms with Gasteiger partial charge in [-0.1, -0.05) is 172 Å². The van der Waals surface area contributed by atoms with Crippen molar-refractivity contribution in [2.24, 2.45) is 35.3 Å². The van der Waals surface area contributed by atoms with Gasteiger partial charge >= 0.3 is 5.97 Å². The highest BCUT2D eigenvalue weighted by atomic mass is 16.6. The van der Waals surface area contributed by atoms with E-state index in [2.05, 4.69) is 29.8 Å². The molecule has 1 heterocycles. The molecule has 0 spiro atoms. The molecular formula is C67H102N8O9. The van der Waals surface area contributed by atoms with Crippen LogP contribution in [0.2, 0.25) is 0 Å². The average Bonchev–Trinajstić information content (AvgIpc) is 4.01. The quantitative estimate of drug-likeness (QED) is 0.0434. The molecule has 3 aromatic carbocycles. The Morgan fingerprint density at radius 3 is 1.73 bits per heavy atom. The van der Waals surface area contributed by atoms with Crippen LogP contribution < -0.4 is 21.7 Å². The molecule has 1 aliphatic carbocycles. The van der Waals surface area contributed by atoms with Crippen LogP contribution in [0.1, 0.15) is 143 Å². The van der Waals surface area contributed by atoms with Gasteiger partial charge in [0.15, 0.2) is 6.10 Å². The number of esters is 1. The maximum atomic E-state index is 15.4. The number of carbonyl (C=O) groups excluding carboxylic acids is 7. The molecule has 1 saturated carbocycles. The minimum Gasteiger partial charge on any atom is -0.451 e. The van der Waals surface area contributed by atoms with E-state index < -0.39 is 78.2 Å². The van der Waals surface area contributed by atoms with Crippen LogP contribution in [0.5, 0.6) is 0 Å². The number of hydrogen-bond acceptors (Lipinski definition) is 11. The third kappa shape index (κ3) is 20.5. The normalized spacial score (nSPS) is 18.0. The second-order valence-electron chi connectivity index (χ2n) is 25.2. The van der Waals surface area contributed by atoms with Gasteiger partial charge in [-0.25, -0.2) is 0 Å². The fourth-order valence-corrected chi connectivity index (χ4v) is 12.3. The maximum Gasteiger partial charge on any atom is 0.326 e. The molecule has 0 aromatic heterocycles. The Kier molecular flexibility index (Phi) is 27.8. The lowest BCUT2D eigenvalue weighted by Crippen LogP contribution is -2.59. The highest BCUT2D eigenvalue weighted by Crippen LogP contribution is 2.31. The van der Waals surface area contributed by atoms with Gasteiger partial charge in [0.05, 0.1) is 18.8 Å². The fraction of sp³-hybridized carbons (Fsp3) is 0.627. The van der Waals surface area contributed by atoms with Gasteiger partial charge in [0.25, 0.3) is 5.91 Å². The maximum absolute atomic E-state index is 15.4. The summed E-state index contributed by atoms with van der Waals surface area (Å²) in [4.78, 5) is 107. The summed E-state index contributed by atoms with van der Waals surface area (Å²) in [7, 11) is 5.11. The minimum atomic E-state index is -1.23. The number of carbonyl (C=O) groups is 7. The van der Waals surface area contributed by atoms with Crippen molar-refractivity contribution in [1.29, 1.82) is 0 Å². The van der Waals surface area contributed by atoms with E-state index in [0.29, 0.717) is 57.9 Å². The summed E-state index contributed by atoms with van der Waals surface area (Å²) in [5.74, 6) is -3.23. The van der Waals surface area contributed by atoms with Crippen molar-refractivity contribution in [3.63, 3.8) is 0 Å². The topological polar surface area (TPSA) is 213 Å². The number of ether oxygens (including phenoxy) is 2. The van der Waals surface area contributed by atoms with Gasteiger partial charge in [0.1, 0.15) is 24.2 Å². The summed E-state index contributed by atoms with van der Waals surface area (Å²) in [6.07, 6.45) is 5.65. The predicted molar refractivity (Wildman–Crippen MR) is 330 cm³/mol. The average molecular weight is 1160 g/mol. The van der Waals surface area contributed by atoms with Crippen molar-refractivity contribution in [1.82, 2.24) is 35.6 Å². The van der Waals surface area contributed by atoms with Gasteiger partial charge in [-0.3, -0.25) is 38.5 Å². The second kappa shape index (κ2) is 34.1. The standard InChI is InChI=1S/C67H102N8O9/c1-13-47(8)38-57(76)73(11)58(45(4)5)63(78)71-54(37-44(2)3)42-72(10)60(48(9)83-43-51-31-22-16-23-32-51)67(82)84-61(52-33-24-17-25-34-52)66(81)74(12)59(46(6)7)64(79)70-53(39-49-27-18-14-19-28-49)41-69-55(40-50-29-20-15-21-30-50)65(80)75-36-26-35-56(75)62(68)77/h14-16,18-23,27-32,44-48,52-56,58-61,69H,13,17,24-26,33-43H2,1-12H3,(H2,68,77)(H,70,79)(H,71,78)/t47-,48-,53+,54+,55?,56+,58+,59+,60+,61-/m1/s1. The van der Waals surface area contributed by atoms with Crippen LogP contribution in [0.15, 0.2) is 91.0 Å². The zero-order chi connectivity index (χ0) is 61.6. The van der Waals surface area contributed by atoms with Crippen molar-refractivity contribution in [2.75, 3.05) is 40.8 Å². The van der Waals surface area contributed by atoms with Gasteiger partial charge in [-0.2, -0.15) is 0 Å². The number of nitrogens with zero attached hydrogens (tertiary/aromatic N) is 4. The molecule has 2 fully saturated rings. The molecule has 6 amide bonds. The summed E-state index contributed by atoms with van der Waals surface area (Å²) < 4.78 is 13.1. The largest absolute Gasteiger partial charge is 0.451 e. The Morgan fingerprint density at radius 2 is 1.19 bits per heavy atom. The number of rotatable bonds is 33. The van der Waals surface area contributed by atoms with Gasteiger partial charge in [0, 0.05) is 58.2 Å². The number of amides is 6.